The van der Waals surface area contributed by atoms with Gasteiger partial charge < -0.3 is 29.7 Å². The number of hydrogen-bond donors (Lipinski definition) is 0. The normalized spacial score (nSPS) is 10.3. The van der Waals surface area contributed by atoms with Crippen LogP contribution in [0.25, 0.3) is 21.5 Å². The van der Waals surface area contributed by atoms with Gasteiger partial charge in [-0.05, 0) is 27.7 Å². The summed E-state index contributed by atoms with van der Waals surface area (Å²) in [5.41, 5.74) is 1.36. The molecule has 0 aliphatic heterocycles. The molecule has 0 bridgehead atoms. The van der Waals surface area contributed by atoms with Crippen molar-refractivity contribution in [2.75, 3.05) is 4.90 Å². The van der Waals surface area contributed by atoms with Crippen molar-refractivity contribution in [1.82, 2.24) is 0 Å². The first-order chi connectivity index (χ1) is 9.59. The van der Waals surface area contributed by atoms with Crippen LogP contribution in [0.5, 0.6) is 0 Å². The maximum atomic E-state index is 2.51. The van der Waals surface area contributed by atoms with E-state index < -0.39 is 0 Å². The Morgan fingerprint density at radius 2 is 1.35 bits per heavy atom. The summed E-state index contributed by atoms with van der Waals surface area (Å²) in [5, 5.41) is 5.44. The van der Waals surface area contributed by atoms with E-state index in [1.807, 2.05) is 0 Å². The molecule has 0 aliphatic carbocycles. The predicted molar refractivity (Wildman–Crippen MR) is 89.8 cm³/mol. The van der Waals surface area contributed by atoms with Crippen LogP contribution in [0, 0.1) is 0 Å². The SMILES string of the molecule is CC(C)N(c1cccc2[cH-]c3ccccc3c12)C(C)C.[Cl-].[Cl-].[Zr+3]. The zero-order valence-electron chi connectivity index (χ0n) is 14.0. The summed E-state index contributed by atoms with van der Waals surface area (Å²) in [6.07, 6.45) is 0. The maximum absolute atomic E-state index is 2.51. The molecule has 3 rings (SSSR count). The smallest absolute Gasteiger partial charge is 1.00 e. The molecule has 0 atom stereocenters. The Morgan fingerprint density at radius 3 is 1.96 bits per heavy atom. The molecule has 0 spiro atoms. The van der Waals surface area contributed by atoms with Crippen LogP contribution < -0.4 is 29.7 Å². The first kappa shape index (κ1) is 22.6. The average Bonchev–Trinajstić information content (AvgIpc) is 2.77. The molecule has 0 amide bonds. The van der Waals surface area contributed by atoms with Crippen molar-refractivity contribution in [2.24, 2.45) is 0 Å². The minimum Gasteiger partial charge on any atom is -1.00 e. The molecule has 0 N–H and O–H groups in total. The van der Waals surface area contributed by atoms with Gasteiger partial charge >= 0.3 is 26.2 Å². The fraction of sp³-hybridized carbons (Fsp3) is 0.316. The summed E-state index contributed by atoms with van der Waals surface area (Å²) in [7, 11) is 0. The molecule has 3 aromatic carbocycles. The summed E-state index contributed by atoms with van der Waals surface area (Å²) >= 11 is 0. The number of anilines is 1. The van der Waals surface area contributed by atoms with Crippen molar-refractivity contribution in [3.63, 3.8) is 0 Å². The van der Waals surface area contributed by atoms with Crippen LogP contribution in [0.15, 0.2) is 48.5 Å². The van der Waals surface area contributed by atoms with Crippen LogP contribution in [0.4, 0.5) is 5.69 Å². The number of halogens is 2. The van der Waals surface area contributed by atoms with Gasteiger partial charge in [-0.2, -0.15) is 0 Å². The first-order valence-electron chi connectivity index (χ1n) is 7.45. The molecule has 0 aliphatic rings. The Morgan fingerprint density at radius 1 is 0.783 bits per heavy atom. The Bertz CT molecular complexity index is 741. The molecule has 0 saturated carbocycles. The summed E-state index contributed by atoms with van der Waals surface area (Å²) in [5.74, 6) is 0. The molecule has 3 aromatic rings. The summed E-state index contributed by atoms with van der Waals surface area (Å²) < 4.78 is 0. The fourth-order valence-electron chi connectivity index (χ4n) is 3.36. The van der Waals surface area contributed by atoms with Gasteiger partial charge in [0.2, 0.25) is 0 Å². The molecule has 0 aromatic heterocycles. The van der Waals surface area contributed by atoms with Crippen LogP contribution >= 0.6 is 0 Å². The Balaban J connectivity index is 0.00000161. The fourth-order valence-corrected chi connectivity index (χ4v) is 3.36. The van der Waals surface area contributed by atoms with Gasteiger partial charge in [0.15, 0.2) is 0 Å². The minimum atomic E-state index is 0. The molecule has 1 radical (unpaired) electrons. The molecule has 0 unspecified atom stereocenters. The Hall–Kier alpha value is -0.427. The number of nitrogens with zero attached hydrogens (tertiary/aromatic N) is 1. The molecule has 1 nitrogen and oxygen atoms in total. The second-order valence-electron chi connectivity index (χ2n) is 6.07. The van der Waals surface area contributed by atoms with Gasteiger partial charge in [0.05, 0.1) is 0 Å². The van der Waals surface area contributed by atoms with Crippen LogP contribution in [0.1, 0.15) is 27.7 Å². The third-order valence-electron chi connectivity index (χ3n) is 4.01. The molecular weight excluding hydrogens is 404 g/mol. The van der Waals surface area contributed by atoms with Crippen molar-refractivity contribution in [1.29, 1.82) is 0 Å². The van der Waals surface area contributed by atoms with Crippen molar-refractivity contribution in [3.05, 3.63) is 48.5 Å². The molecule has 0 heterocycles. The summed E-state index contributed by atoms with van der Waals surface area (Å²) in [6, 6.07) is 18.6. The van der Waals surface area contributed by atoms with E-state index >= 15 is 0 Å². The largest absolute Gasteiger partial charge is 3.00 e. The topological polar surface area (TPSA) is 3.24 Å². The van der Waals surface area contributed by atoms with Gasteiger partial charge in [-0.1, -0.05) is 35.7 Å². The van der Waals surface area contributed by atoms with E-state index in [0.29, 0.717) is 12.1 Å². The quantitative estimate of drug-likeness (QED) is 0.503. The molecule has 23 heavy (non-hydrogen) atoms. The zero-order chi connectivity index (χ0) is 14.3. The third kappa shape index (κ3) is 4.16. The van der Waals surface area contributed by atoms with Crippen LogP contribution in [-0.4, -0.2) is 12.1 Å². The predicted octanol–water partition coefficient (Wildman–Crippen LogP) is -0.659. The molecule has 121 valence electrons. The monoisotopic (exact) mass is 424 g/mol. The van der Waals surface area contributed by atoms with Gasteiger partial charge in [0.1, 0.15) is 0 Å². The van der Waals surface area contributed by atoms with Gasteiger partial charge in [0.25, 0.3) is 0 Å². The van der Waals surface area contributed by atoms with E-state index in [0.717, 1.165) is 0 Å². The number of hydrogen-bond acceptors (Lipinski definition) is 1. The van der Waals surface area contributed by atoms with Crippen molar-refractivity contribution < 1.29 is 51.0 Å². The third-order valence-corrected chi connectivity index (χ3v) is 4.01. The number of fused-ring (bicyclic) bond motifs is 3. The van der Waals surface area contributed by atoms with Crippen molar-refractivity contribution in [2.45, 2.75) is 39.8 Å². The van der Waals surface area contributed by atoms with Gasteiger partial charge in [-0.25, -0.2) is 0 Å². The molecule has 0 saturated heterocycles. The van der Waals surface area contributed by atoms with Gasteiger partial charge in [0, 0.05) is 17.8 Å². The van der Waals surface area contributed by atoms with Crippen molar-refractivity contribution >= 4 is 27.2 Å². The van der Waals surface area contributed by atoms with Gasteiger partial charge in [-0.3, -0.25) is 0 Å². The van der Waals surface area contributed by atoms with Crippen LogP contribution in [0.3, 0.4) is 0 Å². The van der Waals surface area contributed by atoms with E-state index in [4.69, 9.17) is 0 Å². The van der Waals surface area contributed by atoms with E-state index in [2.05, 4.69) is 81.1 Å². The number of benzene rings is 2. The second-order valence-corrected chi connectivity index (χ2v) is 6.07. The minimum absolute atomic E-state index is 0. The zero-order valence-corrected chi connectivity index (χ0v) is 17.9. The average molecular weight is 427 g/mol. The van der Waals surface area contributed by atoms with E-state index in [9.17, 15) is 0 Å². The Labute approximate surface area is 170 Å². The van der Waals surface area contributed by atoms with Crippen LogP contribution in [-0.2, 0) is 26.2 Å². The van der Waals surface area contributed by atoms with Gasteiger partial charge in [-0.15, -0.1) is 34.4 Å². The van der Waals surface area contributed by atoms with E-state index in [1.54, 1.807) is 0 Å². The molecule has 0 fully saturated rings. The van der Waals surface area contributed by atoms with E-state index in [-0.39, 0.29) is 51.0 Å². The summed E-state index contributed by atoms with van der Waals surface area (Å²) in [6.45, 7) is 9.07. The standard InChI is InChI=1S/C19H22N.2ClH.Zr/c1-13(2)20(14(3)4)18-11-7-9-16-12-15-8-5-6-10-17(15)19(16)18;;;/h5-14H,1-4H3;2*1H;/q-1;;;+3/p-2. The van der Waals surface area contributed by atoms with Crippen molar-refractivity contribution in [3.8, 4) is 0 Å². The Kier molecular flexibility index (Phi) is 8.99. The summed E-state index contributed by atoms with van der Waals surface area (Å²) in [4.78, 5) is 2.51. The molecule has 4 heteroatoms. The maximum Gasteiger partial charge on any atom is 3.00 e. The first-order valence-corrected chi connectivity index (χ1v) is 7.45. The molecular formula is C19H22Cl2NZr. The second kappa shape index (κ2) is 9.16. The van der Waals surface area contributed by atoms with Crippen LogP contribution in [0.2, 0.25) is 0 Å². The van der Waals surface area contributed by atoms with E-state index in [1.165, 1.54) is 27.2 Å². The number of rotatable bonds is 3.